The summed E-state index contributed by atoms with van der Waals surface area (Å²) in [6.45, 7) is 0. The van der Waals surface area contributed by atoms with Gasteiger partial charge in [0, 0.05) is 41.8 Å². The molecule has 130 valence electrons. The molecule has 0 spiro atoms. The van der Waals surface area contributed by atoms with E-state index in [2.05, 4.69) is 30.9 Å². The van der Waals surface area contributed by atoms with Gasteiger partial charge < -0.3 is 9.88 Å². The van der Waals surface area contributed by atoms with Crippen molar-refractivity contribution in [1.82, 2.24) is 24.7 Å². The van der Waals surface area contributed by atoms with Crippen LogP contribution in [0.5, 0.6) is 0 Å². The van der Waals surface area contributed by atoms with Gasteiger partial charge in [-0.2, -0.15) is 0 Å². The average molecular weight is 381 g/mol. The third-order valence-electron chi connectivity index (χ3n) is 3.68. The minimum Gasteiger partial charge on any atom is -0.332 e. The molecule has 0 aliphatic carbocycles. The summed E-state index contributed by atoms with van der Waals surface area (Å²) in [5.41, 5.74) is 3.01. The van der Waals surface area contributed by atoms with Crippen LogP contribution < -0.4 is 5.32 Å². The molecule has 0 saturated heterocycles. The van der Waals surface area contributed by atoms with E-state index in [4.69, 9.17) is 0 Å². The van der Waals surface area contributed by atoms with E-state index in [9.17, 15) is 0 Å². The summed E-state index contributed by atoms with van der Waals surface area (Å²) < 4.78 is 1.98. The molecule has 0 unspecified atom stereocenters. The Morgan fingerprint density at radius 2 is 2.00 bits per heavy atom. The summed E-state index contributed by atoms with van der Waals surface area (Å²) in [4.78, 5) is 8.77. The number of pyridine rings is 1. The van der Waals surface area contributed by atoms with Crippen LogP contribution in [-0.2, 0) is 12.8 Å². The van der Waals surface area contributed by atoms with Crippen molar-refractivity contribution in [1.29, 1.82) is 0 Å². The first-order valence-electron chi connectivity index (χ1n) is 7.98. The maximum atomic E-state index is 4.63. The van der Waals surface area contributed by atoms with Gasteiger partial charge in [0.15, 0.2) is 16.1 Å². The Balaban J connectivity index is 1.41. The standard InChI is InChI=1S/C18H16N6S2/c1-24-16(13-6-5-9-19-10-13)22-23-18(24)26-12-15-11-25-17(21-15)20-14-7-3-2-4-8-14/h2-11H,12H2,1H3,(H,20,21). The van der Waals surface area contributed by atoms with Gasteiger partial charge in [0.1, 0.15) is 0 Å². The number of thioether (sulfide) groups is 1. The van der Waals surface area contributed by atoms with Crippen molar-refractivity contribution in [2.24, 2.45) is 7.05 Å². The fourth-order valence-corrected chi connectivity index (χ4v) is 4.04. The smallest absolute Gasteiger partial charge is 0.191 e. The molecule has 1 N–H and O–H groups in total. The Morgan fingerprint density at radius 3 is 2.81 bits per heavy atom. The summed E-state index contributed by atoms with van der Waals surface area (Å²) in [5, 5.41) is 15.7. The predicted molar refractivity (Wildman–Crippen MR) is 106 cm³/mol. The second-order valence-corrected chi connectivity index (χ2v) is 7.33. The molecule has 4 rings (SSSR count). The molecule has 0 aliphatic heterocycles. The van der Waals surface area contributed by atoms with Gasteiger partial charge in [-0.25, -0.2) is 4.98 Å². The highest BCUT2D eigenvalue weighted by Crippen LogP contribution is 2.27. The first-order chi connectivity index (χ1) is 12.8. The molecule has 3 aromatic heterocycles. The first kappa shape index (κ1) is 16.7. The molecule has 0 amide bonds. The highest BCUT2D eigenvalue weighted by atomic mass is 32.2. The lowest BCUT2D eigenvalue weighted by molar-refractivity contribution is 0.793. The SMILES string of the molecule is Cn1c(SCc2csc(Nc3ccccc3)n2)nnc1-c1cccnc1. The van der Waals surface area contributed by atoms with E-state index in [0.29, 0.717) is 0 Å². The summed E-state index contributed by atoms with van der Waals surface area (Å²) in [5.74, 6) is 1.55. The van der Waals surface area contributed by atoms with E-state index in [-0.39, 0.29) is 0 Å². The van der Waals surface area contributed by atoms with Crippen molar-refractivity contribution >= 4 is 33.9 Å². The monoisotopic (exact) mass is 380 g/mol. The molecule has 0 radical (unpaired) electrons. The van der Waals surface area contributed by atoms with Gasteiger partial charge in [-0.15, -0.1) is 21.5 Å². The van der Waals surface area contributed by atoms with E-state index >= 15 is 0 Å². The van der Waals surface area contributed by atoms with Crippen LogP contribution >= 0.6 is 23.1 Å². The summed E-state index contributed by atoms with van der Waals surface area (Å²) in [6, 6.07) is 13.9. The third-order valence-corrected chi connectivity index (χ3v) is 5.54. The second-order valence-electron chi connectivity index (χ2n) is 5.53. The van der Waals surface area contributed by atoms with Crippen LogP contribution in [0.2, 0.25) is 0 Å². The van der Waals surface area contributed by atoms with Crippen molar-refractivity contribution in [3.05, 3.63) is 65.9 Å². The fraction of sp³-hybridized carbons (Fsp3) is 0.111. The van der Waals surface area contributed by atoms with Gasteiger partial charge in [-0.1, -0.05) is 30.0 Å². The number of nitrogens with zero attached hydrogens (tertiary/aromatic N) is 5. The maximum Gasteiger partial charge on any atom is 0.191 e. The predicted octanol–water partition coefficient (Wildman–Crippen LogP) is 4.37. The Kier molecular flexibility index (Phi) is 4.94. The highest BCUT2D eigenvalue weighted by molar-refractivity contribution is 7.98. The molecule has 0 atom stereocenters. The lowest BCUT2D eigenvalue weighted by Gasteiger charge is -2.03. The van der Waals surface area contributed by atoms with Gasteiger partial charge in [-0.05, 0) is 24.3 Å². The normalized spacial score (nSPS) is 10.8. The zero-order valence-electron chi connectivity index (χ0n) is 14.0. The van der Waals surface area contributed by atoms with E-state index in [1.807, 2.05) is 54.1 Å². The number of nitrogens with one attached hydrogen (secondary N) is 1. The van der Waals surface area contributed by atoms with Crippen molar-refractivity contribution in [3.63, 3.8) is 0 Å². The molecule has 0 bridgehead atoms. The molecule has 4 aromatic rings. The quantitative estimate of drug-likeness (QED) is 0.501. The Hall–Kier alpha value is -2.71. The van der Waals surface area contributed by atoms with E-state index in [1.165, 1.54) is 0 Å². The Bertz CT molecular complexity index is 981. The fourth-order valence-electron chi connectivity index (χ4n) is 2.40. The van der Waals surface area contributed by atoms with Crippen LogP contribution in [-0.4, -0.2) is 24.7 Å². The number of hydrogen-bond acceptors (Lipinski definition) is 7. The Morgan fingerprint density at radius 1 is 1.12 bits per heavy atom. The summed E-state index contributed by atoms with van der Waals surface area (Å²) >= 11 is 3.22. The maximum absolute atomic E-state index is 4.63. The van der Waals surface area contributed by atoms with Gasteiger partial charge in [-0.3, -0.25) is 4.98 Å². The van der Waals surface area contributed by atoms with Crippen LogP contribution in [0.15, 0.2) is 65.4 Å². The molecule has 0 fully saturated rings. The van der Waals surface area contributed by atoms with Crippen molar-refractivity contribution in [2.45, 2.75) is 10.9 Å². The van der Waals surface area contributed by atoms with E-state index in [0.717, 1.165) is 38.8 Å². The molecular weight excluding hydrogens is 364 g/mol. The lowest BCUT2D eigenvalue weighted by atomic mass is 10.3. The zero-order chi connectivity index (χ0) is 17.8. The number of rotatable bonds is 6. The molecule has 0 saturated carbocycles. The molecule has 0 aliphatic rings. The largest absolute Gasteiger partial charge is 0.332 e. The zero-order valence-corrected chi connectivity index (χ0v) is 15.7. The third kappa shape index (κ3) is 3.76. The highest BCUT2D eigenvalue weighted by Gasteiger charge is 2.12. The molecule has 3 heterocycles. The average Bonchev–Trinajstić information content (AvgIpc) is 3.28. The van der Waals surface area contributed by atoms with Gasteiger partial charge in [0.2, 0.25) is 0 Å². The van der Waals surface area contributed by atoms with Gasteiger partial charge >= 0.3 is 0 Å². The molecule has 26 heavy (non-hydrogen) atoms. The first-order valence-corrected chi connectivity index (χ1v) is 9.85. The number of thiazole rings is 1. The minimum atomic E-state index is 0.742. The minimum absolute atomic E-state index is 0.742. The number of aromatic nitrogens is 5. The van der Waals surface area contributed by atoms with Gasteiger partial charge in [0.25, 0.3) is 0 Å². The van der Waals surface area contributed by atoms with Crippen LogP contribution in [0, 0.1) is 0 Å². The van der Waals surface area contributed by atoms with E-state index in [1.54, 1.807) is 35.5 Å². The number of anilines is 2. The molecular formula is C18H16N6S2. The molecule has 6 nitrogen and oxygen atoms in total. The second kappa shape index (κ2) is 7.67. The number of benzene rings is 1. The van der Waals surface area contributed by atoms with Gasteiger partial charge in [0.05, 0.1) is 5.69 Å². The Labute approximate surface area is 159 Å². The van der Waals surface area contributed by atoms with Crippen molar-refractivity contribution < 1.29 is 0 Å². The van der Waals surface area contributed by atoms with Crippen LogP contribution in [0.4, 0.5) is 10.8 Å². The van der Waals surface area contributed by atoms with Crippen molar-refractivity contribution in [3.8, 4) is 11.4 Å². The molecule has 1 aromatic carbocycles. The van der Waals surface area contributed by atoms with Crippen LogP contribution in [0.3, 0.4) is 0 Å². The number of hydrogen-bond donors (Lipinski definition) is 1. The van der Waals surface area contributed by atoms with Crippen LogP contribution in [0.1, 0.15) is 5.69 Å². The van der Waals surface area contributed by atoms with E-state index < -0.39 is 0 Å². The van der Waals surface area contributed by atoms with Crippen molar-refractivity contribution in [2.75, 3.05) is 5.32 Å². The summed E-state index contributed by atoms with van der Waals surface area (Å²) in [6.07, 6.45) is 3.54. The van der Waals surface area contributed by atoms with Crippen LogP contribution in [0.25, 0.3) is 11.4 Å². The number of para-hydroxylation sites is 1. The topological polar surface area (TPSA) is 68.5 Å². The summed E-state index contributed by atoms with van der Waals surface area (Å²) in [7, 11) is 1.97. The molecule has 8 heteroatoms. The lowest BCUT2D eigenvalue weighted by Crippen LogP contribution is -1.95.